The third-order valence-corrected chi connectivity index (χ3v) is 2.99. The van der Waals surface area contributed by atoms with E-state index < -0.39 is 10.9 Å². The number of hydrogen-bond acceptors (Lipinski definition) is 5. The number of esters is 1. The van der Waals surface area contributed by atoms with Crippen LogP contribution < -0.4 is 4.90 Å². The fraction of sp³-hybridized carbons (Fsp3) is 0.333. The number of carbonyl (C=O) groups is 2. The SMILES string of the molecule is COC(=O)CN1C(=O)CCc2cc([N+](=O)[O-])ccc21. The molecule has 7 heteroatoms. The van der Waals surface area contributed by atoms with Crippen LogP contribution in [0, 0.1) is 10.1 Å². The molecule has 19 heavy (non-hydrogen) atoms. The molecule has 0 bridgehead atoms. The largest absolute Gasteiger partial charge is 0.468 e. The molecule has 1 amide bonds. The number of amides is 1. The molecule has 0 radical (unpaired) electrons. The van der Waals surface area contributed by atoms with Gasteiger partial charge in [0.25, 0.3) is 5.69 Å². The molecule has 1 aliphatic rings. The molecular weight excluding hydrogens is 252 g/mol. The zero-order valence-corrected chi connectivity index (χ0v) is 10.3. The monoisotopic (exact) mass is 264 g/mol. The van der Waals surface area contributed by atoms with Gasteiger partial charge in [-0.05, 0) is 18.1 Å². The summed E-state index contributed by atoms with van der Waals surface area (Å²) in [5.41, 5.74) is 1.20. The molecule has 0 N–H and O–H groups in total. The van der Waals surface area contributed by atoms with Gasteiger partial charge in [0.15, 0.2) is 0 Å². The lowest BCUT2D eigenvalue weighted by Crippen LogP contribution is -2.39. The molecule has 0 saturated carbocycles. The van der Waals surface area contributed by atoms with E-state index in [0.29, 0.717) is 17.7 Å². The van der Waals surface area contributed by atoms with Gasteiger partial charge in [-0.2, -0.15) is 0 Å². The highest BCUT2D eigenvalue weighted by Gasteiger charge is 2.27. The van der Waals surface area contributed by atoms with Gasteiger partial charge in [0.05, 0.1) is 12.0 Å². The van der Waals surface area contributed by atoms with Crippen molar-refractivity contribution < 1.29 is 19.2 Å². The molecule has 0 aliphatic carbocycles. The molecule has 7 nitrogen and oxygen atoms in total. The molecule has 0 unspecified atom stereocenters. The first kappa shape index (κ1) is 13.0. The van der Waals surface area contributed by atoms with Crippen molar-refractivity contribution in [2.45, 2.75) is 12.8 Å². The van der Waals surface area contributed by atoms with E-state index in [1.807, 2.05) is 0 Å². The van der Waals surface area contributed by atoms with Gasteiger partial charge in [0.2, 0.25) is 5.91 Å². The number of ether oxygens (including phenoxy) is 1. The van der Waals surface area contributed by atoms with Crippen molar-refractivity contribution in [1.29, 1.82) is 0 Å². The predicted molar refractivity (Wildman–Crippen MR) is 65.8 cm³/mol. The molecule has 1 aromatic rings. The molecule has 1 aliphatic heterocycles. The van der Waals surface area contributed by atoms with E-state index in [9.17, 15) is 19.7 Å². The number of nitro benzene ring substituents is 1. The Morgan fingerprint density at radius 3 is 2.84 bits per heavy atom. The van der Waals surface area contributed by atoms with Crippen LogP contribution in [-0.2, 0) is 20.7 Å². The van der Waals surface area contributed by atoms with E-state index >= 15 is 0 Å². The Balaban J connectivity index is 2.36. The van der Waals surface area contributed by atoms with E-state index in [1.54, 1.807) is 0 Å². The fourth-order valence-corrected chi connectivity index (χ4v) is 2.03. The summed E-state index contributed by atoms with van der Waals surface area (Å²) in [5.74, 6) is -0.716. The van der Waals surface area contributed by atoms with Gasteiger partial charge in [-0.1, -0.05) is 0 Å². The average Bonchev–Trinajstić information content (AvgIpc) is 2.41. The topological polar surface area (TPSA) is 89.8 Å². The lowest BCUT2D eigenvalue weighted by molar-refractivity contribution is -0.384. The zero-order chi connectivity index (χ0) is 14.0. The number of anilines is 1. The number of nitrogens with zero attached hydrogens (tertiary/aromatic N) is 2. The van der Waals surface area contributed by atoms with Gasteiger partial charge in [-0.3, -0.25) is 19.7 Å². The number of non-ortho nitro benzene ring substituents is 1. The number of rotatable bonds is 3. The lowest BCUT2D eigenvalue weighted by Gasteiger charge is -2.28. The second-order valence-corrected chi connectivity index (χ2v) is 4.13. The number of methoxy groups -OCH3 is 1. The summed E-state index contributed by atoms with van der Waals surface area (Å²) in [7, 11) is 1.24. The molecular formula is C12H12N2O5. The molecule has 100 valence electrons. The molecule has 0 atom stereocenters. The number of fused-ring (bicyclic) bond motifs is 1. The smallest absolute Gasteiger partial charge is 0.325 e. The van der Waals surface area contributed by atoms with Gasteiger partial charge in [0.1, 0.15) is 6.54 Å². The van der Waals surface area contributed by atoms with Gasteiger partial charge >= 0.3 is 5.97 Å². The Bertz CT molecular complexity index is 555. The van der Waals surface area contributed by atoms with Crippen molar-refractivity contribution in [2.75, 3.05) is 18.6 Å². The predicted octanol–water partition coefficient (Wildman–Crippen LogP) is 1.05. The van der Waals surface area contributed by atoms with Crippen molar-refractivity contribution in [1.82, 2.24) is 0 Å². The molecule has 0 aromatic heterocycles. The minimum absolute atomic E-state index is 0.0221. The van der Waals surface area contributed by atoms with E-state index in [0.717, 1.165) is 0 Å². The first-order chi connectivity index (χ1) is 9.02. The molecule has 0 spiro atoms. The fourth-order valence-electron chi connectivity index (χ4n) is 2.03. The summed E-state index contributed by atoms with van der Waals surface area (Å²) in [5, 5.41) is 10.7. The average molecular weight is 264 g/mol. The standard InChI is InChI=1S/C12H12N2O5/c1-19-12(16)7-13-10-4-3-9(14(17)18)6-8(10)2-5-11(13)15/h3-4,6H,2,5,7H2,1H3. The van der Waals surface area contributed by atoms with Crippen LogP contribution in [0.5, 0.6) is 0 Å². The Hall–Kier alpha value is -2.44. The van der Waals surface area contributed by atoms with Crippen LogP contribution in [0.15, 0.2) is 18.2 Å². The van der Waals surface area contributed by atoms with Crippen molar-refractivity contribution in [2.24, 2.45) is 0 Å². The minimum atomic E-state index is -0.528. The highest BCUT2D eigenvalue weighted by Crippen LogP contribution is 2.30. The van der Waals surface area contributed by atoms with Crippen LogP contribution in [0.25, 0.3) is 0 Å². The van der Waals surface area contributed by atoms with Gasteiger partial charge in [0, 0.05) is 24.2 Å². The van der Waals surface area contributed by atoms with Crippen LogP contribution in [-0.4, -0.2) is 30.5 Å². The van der Waals surface area contributed by atoms with Crippen molar-refractivity contribution in [3.63, 3.8) is 0 Å². The van der Waals surface area contributed by atoms with Crippen molar-refractivity contribution >= 4 is 23.3 Å². The third kappa shape index (κ3) is 2.54. The van der Waals surface area contributed by atoms with E-state index in [4.69, 9.17) is 0 Å². The normalized spacial score (nSPS) is 13.9. The van der Waals surface area contributed by atoms with Crippen LogP contribution >= 0.6 is 0 Å². The zero-order valence-electron chi connectivity index (χ0n) is 10.3. The van der Waals surface area contributed by atoms with Gasteiger partial charge < -0.3 is 9.64 Å². The highest BCUT2D eigenvalue weighted by molar-refractivity contribution is 6.00. The summed E-state index contributed by atoms with van der Waals surface area (Å²) in [6, 6.07) is 4.25. The highest BCUT2D eigenvalue weighted by atomic mass is 16.6. The number of carbonyl (C=O) groups excluding carboxylic acids is 2. The van der Waals surface area contributed by atoms with Crippen LogP contribution in [0.2, 0.25) is 0 Å². The summed E-state index contributed by atoms with van der Waals surface area (Å²) in [6.45, 7) is -0.180. The summed E-state index contributed by atoms with van der Waals surface area (Å²) >= 11 is 0. The molecule has 1 aromatic carbocycles. The maximum absolute atomic E-state index is 11.8. The second-order valence-electron chi connectivity index (χ2n) is 4.13. The summed E-state index contributed by atoms with van der Waals surface area (Å²) in [6.07, 6.45) is 0.665. The Morgan fingerprint density at radius 2 is 2.21 bits per heavy atom. The van der Waals surface area contributed by atoms with E-state index in [2.05, 4.69) is 4.74 Å². The number of aryl methyl sites for hydroxylation is 1. The Morgan fingerprint density at radius 1 is 1.47 bits per heavy atom. The first-order valence-corrected chi connectivity index (χ1v) is 5.67. The third-order valence-electron chi connectivity index (χ3n) is 2.99. The number of benzene rings is 1. The number of hydrogen-bond donors (Lipinski definition) is 0. The minimum Gasteiger partial charge on any atom is -0.468 e. The first-order valence-electron chi connectivity index (χ1n) is 5.67. The van der Waals surface area contributed by atoms with E-state index in [-0.39, 0.29) is 24.6 Å². The van der Waals surface area contributed by atoms with E-state index in [1.165, 1.54) is 30.2 Å². The molecule has 0 fully saturated rings. The molecule has 0 saturated heterocycles. The maximum atomic E-state index is 11.8. The van der Waals surface area contributed by atoms with Crippen molar-refractivity contribution in [3.05, 3.63) is 33.9 Å². The summed E-state index contributed by atoms with van der Waals surface area (Å²) < 4.78 is 4.54. The van der Waals surface area contributed by atoms with Gasteiger partial charge in [-0.15, -0.1) is 0 Å². The summed E-state index contributed by atoms with van der Waals surface area (Å²) in [4.78, 5) is 34.6. The molecule has 2 rings (SSSR count). The second kappa shape index (κ2) is 5.05. The Kier molecular flexibility index (Phi) is 3.46. The van der Waals surface area contributed by atoms with Gasteiger partial charge in [-0.25, -0.2) is 0 Å². The number of nitro groups is 1. The van der Waals surface area contributed by atoms with Crippen LogP contribution in [0.3, 0.4) is 0 Å². The van der Waals surface area contributed by atoms with Crippen LogP contribution in [0.4, 0.5) is 11.4 Å². The van der Waals surface area contributed by atoms with Crippen molar-refractivity contribution in [3.8, 4) is 0 Å². The lowest BCUT2D eigenvalue weighted by atomic mass is 10.0. The van der Waals surface area contributed by atoms with Crippen LogP contribution in [0.1, 0.15) is 12.0 Å². The maximum Gasteiger partial charge on any atom is 0.325 e. The quantitative estimate of drug-likeness (QED) is 0.462. The molecule has 1 heterocycles. The Labute approximate surface area is 108 Å².